The average molecular weight is 1040 g/mol. The number of hydrogen-bond acceptors (Lipinski definition) is 15. The van der Waals surface area contributed by atoms with E-state index in [2.05, 4.69) is 62.5 Å². The minimum atomic E-state index is -1.77. The quantitative estimate of drug-likeness (QED) is 0.0171. The first-order chi connectivity index (χ1) is 35.5. The molecule has 2 heterocycles. The van der Waals surface area contributed by atoms with E-state index < -0.39 is 92.7 Å². The zero-order valence-electron chi connectivity index (χ0n) is 45.1. The van der Waals surface area contributed by atoms with Crippen LogP contribution in [-0.4, -0.2) is 142 Å². The Kier molecular flexibility index (Phi) is 40.6. The van der Waals surface area contributed by atoms with Gasteiger partial charge in [-0.3, -0.25) is 9.59 Å². The highest BCUT2D eigenvalue weighted by molar-refractivity contribution is 5.70. The first-order valence-corrected chi connectivity index (χ1v) is 28.7. The second-order valence-corrected chi connectivity index (χ2v) is 20.1. The summed E-state index contributed by atoms with van der Waals surface area (Å²) in [7, 11) is 0. The third kappa shape index (κ3) is 32.0. The van der Waals surface area contributed by atoms with Gasteiger partial charge in [-0.2, -0.15) is 0 Å². The van der Waals surface area contributed by atoms with Crippen molar-refractivity contribution in [1.29, 1.82) is 0 Å². The Balaban J connectivity index is 1.75. The third-order valence-corrected chi connectivity index (χ3v) is 13.5. The molecule has 15 heteroatoms. The summed E-state index contributed by atoms with van der Waals surface area (Å²) in [6.45, 7) is 2.54. The van der Waals surface area contributed by atoms with Gasteiger partial charge in [-0.15, -0.1) is 0 Å². The maximum atomic E-state index is 13.1. The van der Waals surface area contributed by atoms with Crippen LogP contribution in [0.4, 0.5) is 0 Å². The largest absolute Gasteiger partial charge is 0.462 e. The first-order valence-electron chi connectivity index (χ1n) is 28.7. The number of carbonyl (C=O) groups excluding carboxylic acids is 2. The van der Waals surface area contributed by atoms with E-state index in [0.29, 0.717) is 12.8 Å². The van der Waals surface area contributed by atoms with Gasteiger partial charge < -0.3 is 64.2 Å². The van der Waals surface area contributed by atoms with Crippen LogP contribution in [0.2, 0.25) is 0 Å². The summed E-state index contributed by atoms with van der Waals surface area (Å²) >= 11 is 0. The number of ether oxygens (including phenoxy) is 6. The number of carbonyl (C=O) groups is 2. The highest BCUT2D eigenvalue weighted by Gasteiger charge is 2.47. The van der Waals surface area contributed by atoms with Gasteiger partial charge in [-0.25, -0.2) is 0 Å². The molecule has 0 amide bonds. The number of aliphatic hydroxyl groups excluding tert-OH is 7. The lowest BCUT2D eigenvalue weighted by Gasteiger charge is -2.42. The minimum absolute atomic E-state index is 0.159. The number of rotatable bonds is 45. The molecule has 2 fully saturated rings. The van der Waals surface area contributed by atoms with Crippen LogP contribution in [-0.2, 0) is 38.0 Å². The highest BCUT2D eigenvalue weighted by atomic mass is 16.7. The number of aliphatic hydroxyl groups is 7. The molecular formula is C58H102O15. The van der Waals surface area contributed by atoms with E-state index in [1.807, 2.05) is 0 Å². The molecule has 0 spiro atoms. The maximum Gasteiger partial charge on any atom is 0.306 e. The van der Waals surface area contributed by atoms with E-state index in [0.717, 1.165) is 77.0 Å². The molecule has 11 atom stereocenters. The second-order valence-electron chi connectivity index (χ2n) is 20.1. The Hall–Kier alpha value is -2.54. The molecule has 0 aliphatic carbocycles. The zero-order chi connectivity index (χ0) is 53.2. The predicted molar refractivity (Wildman–Crippen MR) is 284 cm³/mol. The van der Waals surface area contributed by atoms with Crippen molar-refractivity contribution in [3.8, 4) is 0 Å². The highest BCUT2D eigenvalue weighted by Crippen LogP contribution is 2.27. The lowest BCUT2D eigenvalue weighted by atomic mass is 9.98. The topological polar surface area (TPSA) is 231 Å². The van der Waals surface area contributed by atoms with E-state index in [-0.39, 0.29) is 26.1 Å². The Morgan fingerprint density at radius 3 is 1.32 bits per heavy atom. The number of allylic oxidation sites excluding steroid dienone is 8. The summed E-state index contributed by atoms with van der Waals surface area (Å²) in [5.41, 5.74) is 0. The molecule has 7 N–H and O–H groups in total. The third-order valence-electron chi connectivity index (χ3n) is 13.5. The van der Waals surface area contributed by atoms with Crippen molar-refractivity contribution < 1.29 is 73.8 Å². The van der Waals surface area contributed by atoms with Gasteiger partial charge in [0, 0.05) is 12.8 Å². The summed E-state index contributed by atoms with van der Waals surface area (Å²) in [4.78, 5) is 25.9. The average Bonchev–Trinajstić information content (AvgIpc) is 3.38. The van der Waals surface area contributed by atoms with E-state index in [9.17, 15) is 45.3 Å². The van der Waals surface area contributed by atoms with E-state index in [1.54, 1.807) is 0 Å². The van der Waals surface area contributed by atoms with Gasteiger partial charge >= 0.3 is 11.9 Å². The van der Waals surface area contributed by atoms with Gasteiger partial charge in [-0.1, -0.05) is 178 Å². The Morgan fingerprint density at radius 2 is 0.836 bits per heavy atom. The van der Waals surface area contributed by atoms with Gasteiger partial charge in [0.25, 0.3) is 0 Å². The molecule has 0 aromatic carbocycles. The lowest BCUT2D eigenvalue weighted by molar-refractivity contribution is -0.332. The molecule has 0 aromatic heterocycles. The Bertz CT molecular complexity index is 1450. The van der Waals surface area contributed by atoms with Gasteiger partial charge in [0.2, 0.25) is 0 Å². The molecule has 0 saturated carbocycles. The monoisotopic (exact) mass is 1040 g/mol. The number of unbranched alkanes of at least 4 members (excludes halogenated alkanes) is 23. The summed E-state index contributed by atoms with van der Waals surface area (Å²) in [6.07, 6.45) is 34.2. The molecular weight excluding hydrogens is 937 g/mol. The summed E-state index contributed by atoms with van der Waals surface area (Å²) < 4.78 is 33.7. The summed E-state index contributed by atoms with van der Waals surface area (Å²) in [5, 5.41) is 72.2. The minimum Gasteiger partial charge on any atom is -0.462 e. The maximum absolute atomic E-state index is 13.1. The predicted octanol–water partition coefficient (Wildman–Crippen LogP) is 9.44. The smallest absolute Gasteiger partial charge is 0.306 e. The Morgan fingerprint density at radius 1 is 0.438 bits per heavy atom. The van der Waals surface area contributed by atoms with E-state index in [1.165, 1.54) is 96.3 Å². The van der Waals surface area contributed by atoms with Crippen molar-refractivity contribution in [3.63, 3.8) is 0 Å². The van der Waals surface area contributed by atoms with Crippen LogP contribution in [0.5, 0.6) is 0 Å². The molecule has 424 valence electrons. The SMILES string of the molecule is CCCC/C=C\C/C=C\CCCCCCCC(=O)OCC(COC1OC(COC2OC(CO)C(O)C(O)C2O)C(O)C(O)C1O)OC(=O)CCCCCCCCCCCCC/C=C\C/C=C\CCCCCCC. The molecule has 2 aliphatic rings. The molecule has 0 radical (unpaired) electrons. The molecule has 11 unspecified atom stereocenters. The molecule has 15 nitrogen and oxygen atoms in total. The van der Waals surface area contributed by atoms with E-state index in [4.69, 9.17) is 28.4 Å². The van der Waals surface area contributed by atoms with Crippen molar-refractivity contribution >= 4 is 11.9 Å². The van der Waals surface area contributed by atoms with Crippen LogP contribution >= 0.6 is 0 Å². The fraction of sp³-hybridized carbons (Fsp3) is 0.828. The van der Waals surface area contributed by atoms with Crippen molar-refractivity contribution in [2.75, 3.05) is 26.4 Å². The van der Waals surface area contributed by atoms with Crippen LogP contribution in [0.25, 0.3) is 0 Å². The fourth-order valence-electron chi connectivity index (χ4n) is 8.79. The van der Waals surface area contributed by atoms with Crippen LogP contribution < -0.4 is 0 Å². The van der Waals surface area contributed by atoms with Gasteiger partial charge in [0.1, 0.15) is 55.4 Å². The van der Waals surface area contributed by atoms with Crippen molar-refractivity contribution in [2.45, 2.75) is 280 Å². The molecule has 2 aliphatic heterocycles. The van der Waals surface area contributed by atoms with Crippen LogP contribution in [0, 0.1) is 0 Å². The lowest BCUT2D eigenvalue weighted by Crippen LogP contribution is -2.61. The van der Waals surface area contributed by atoms with Crippen LogP contribution in [0.1, 0.15) is 213 Å². The van der Waals surface area contributed by atoms with Crippen molar-refractivity contribution in [1.82, 2.24) is 0 Å². The van der Waals surface area contributed by atoms with Gasteiger partial charge in [0.05, 0.1) is 19.8 Å². The molecule has 73 heavy (non-hydrogen) atoms. The van der Waals surface area contributed by atoms with Gasteiger partial charge in [-0.05, 0) is 70.6 Å². The zero-order valence-corrected chi connectivity index (χ0v) is 45.1. The Labute approximate surface area is 439 Å². The van der Waals surface area contributed by atoms with Crippen LogP contribution in [0.15, 0.2) is 48.6 Å². The van der Waals surface area contributed by atoms with Crippen molar-refractivity contribution in [2.24, 2.45) is 0 Å². The van der Waals surface area contributed by atoms with Crippen molar-refractivity contribution in [3.05, 3.63) is 48.6 Å². The standard InChI is InChI=1S/C58H102O15/c1-3-5-7-9-11-13-15-17-19-20-21-22-23-24-25-26-27-29-31-33-35-37-39-41-50(61)71-46(43-68-49(60)40-38-36-34-32-30-28-18-16-14-12-10-8-6-4-2)44-69-57-56(67)54(65)52(63)48(73-57)45-70-58-55(66)53(64)51(62)47(42-59)72-58/h10,12,15-18,20-21,46-48,51-59,62-67H,3-9,11,13-14,19,22-45H2,1-2H3/b12-10-,17-15-,18-16-,21-20-. The molecule has 0 aromatic rings. The first kappa shape index (κ1) is 66.6. The normalized spacial score (nSPS) is 25.2. The van der Waals surface area contributed by atoms with Gasteiger partial charge in [0.15, 0.2) is 18.7 Å². The molecule has 2 rings (SSSR count). The fourth-order valence-corrected chi connectivity index (χ4v) is 8.79. The van der Waals surface area contributed by atoms with E-state index >= 15 is 0 Å². The molecule has 2 saturated heterocycles. The number of hydrogen-bond donors (Lipinski definition) is 7. The summed E-state index contributed by atoms with van der Waals surface area (Å²) in [5.74, 6) is -0.940. The van der Waals surface area contributed by atoms with Crippen LogP contribution in [0.3, 0.4) is 0 Å². The molecule has 0 bridgehead atoms. The second kappa shape index (κ2) is 44.6. The summed E-state index contributed by atoms with van der Waals surface area (Å²) in [6, 6.07) is 0. The number of esters is 2.